The fraction of sp³-hybridized carbons (Fsp3) is 1.00. The van der Waals surface area contributed by atoms with E-state index in [1.165, 1.54) is 38.5 Å². The van der Waals surface area contributed by atoms with Gasteiger partial charge in [0.25, 0.3) is 0 Å². The van der Waals surface area contributed by atoms with E-state index in [2.05, 4.69) is 26.1 Å². The Kier molecular flexibility index (Phi) is 3.23. The van der Waals surface area contributed by atoms with Gasteiger partial charge in [-0.3, -0.25) is 0 Å². The number of nitrogens with one attached hydrogen (secondary N) is 1. The maximum atomic E-state index is 4.07. The van der Waals surface area contributed by atoms with E-state index in [0.717, 1.165) is 41.7 Å². The van der Waals surface area contributed by atoms with Crippen LogP contribution in [0.15, 0.2) is 0 Å². The molecule has 1 heterocycles. The summed E-state index contributed by atoms with van der Waals surface area (Å²) in [5.41, 5.74) is 0. The number of hydrogen-bond acceptors (Lipinski definition) is 1. The highest BCUT2D eigenvalue weighted by atomic mass is 15.0. The molecule has 0 radical (unpaired) electrons. The highest BCUT2D eigenvalue weighted by Crippen LogP contribution is 2.46. The molecule has 17 heavy (non-hydrogen) atoms. The molecule has 1 saturated heterocycles. The van der Waals surface area contributed by atoms with Crippen molar-refractivity contribution in [3.63, 3.8) is 0 Å². The second kappa shape index (κ2) is 4.57. The molecule has 3 aliphatic rings. The molecule has 0 aromatic heterocycles. The van der Waals surface area contributed by atoms with Gasteiger partial charge >= 0.3 is 0 Å². The van der Waals surface area contributed by atoms with Crippen molar-refractivity contribution in [1.29, 1.82) is 0 Å². The van der Waals surface area contributed by atoms with Crippen LogP contribution in [-0.4, -0.2) is 12.1 Å². The van der Waals surface area contributed by atoms with E-state index >= 15 is 0 Å². The summed E-state index contributed by atoms with van der Waals surface area (Å²) in [6, 6.07) is 1.68. The zero-order valence-corrected chi connectivity index (χ0v) is 11.8. The second-order valence-corrected chi connectivity index (χ2v) is 7.18. The maximum Gasteiger partial charge on any atom is 0.0129 e. The third kappa shape index (κ3) is 1.95. The van der Waals surface area contributed by atoms with Gasteiger partial charge in [0.1, 0.15) is 0 Å². The zero-order valence-electron chi connectivity index (χ0n) is 11.8. The van der Waals surface area contributed by atoms with E-state index in [1.54, 1.807) is 0 Å². The van der Waals surface area contributed by atoms with Crippen molar-refractivity contribution < 1.29 is 0 Å². The van der Waals surface area contributed by atoms with Gasteiger partial charge in [-0.05, 0) is 48.9 Å². The Morgan fingerprint density at radius 2 is 1.53 bits per heavy atom. The van der Waals surface area contributed by atoms with Crippen molar-refractivity contribution in [3.8, 4) is 0 Å². The molecule has 1 aliphatic heterocycles. The number of fused-ring (bicyclic) bond motifs is 2. The van der Waals surface area contributed by atoms with Crippen LogP contribution in [0.3, 0.4) is 0 Å². The Hall–Kier alpha value is -0.0400. The average molecular weight is 235 g/mol. The van der Waals surface area contributed by atoms with E-state index in [-0.39, 0.29) is 0 Å². The molecule has 2 aliphatic carbocycles. The lowest BCUT2D eigenvalue weighted by molar-refractivity contribution is -0.00167. The molecule has 98 valence electrons. The Morgan fingerprint density at radius 1 is 0.765 bits per heavy atom. The van der Waals surface area contributed by atoms with Crippen LogP contribution < -0.4 is 5.32 Å². The molecule has 0 aromatic rings. The van der Waals surface area contributed by atoms with Gasteiger partial charge in [-0.15, -0.1) is 0 Å². The predicted octanol–water partition coefficient (Wildman–Crippen LogP) is 3.84. The molecule has 0 spiro atoms. The quantitative estimate of drug-likeness (QED) is 0.673. The smallest absolute Gasteiger partial charge is 0.0129 e. The van der Waals surface area contributed by atoms with Crippen LogP contribution in [0.25, 0.3) is 0 Å². The number of hydrogen-bond donors (Lipinski definition) is 1. The largest absolute Gasteiger partial charge is 0.310 e. The van der Waals surface area contributed by atoms with Crippen molar-refractivity contribution >= 4 is 0 Å². The van der Waals surface area contributed by atoms with Crippen LogP contribution in [0.1, 0.15) is 59.3 Å². The molecular formula is C16H29N. The molecule has 1 nitrogen and oxygen atoms in total. The molecule has 0 amide bonds. The normalized spacial score (nSPS) is 54.9. The van der Waals surface area contributed by atoms with Crippen molar-refractivity contribution in [2.45, 2.75) is 71.4 Å². The molecule has 7 atom stereocenters. The Bertz CT molecular complexity index is 275. The lowest BCUT2D eigenvalue weighted by Crippen LogP contribution is -2.61. The van der Waals surface area contributed by atoms with Crippen LogP contribution in [0.5, 0.6) is 0 Å². The first kappa shape index (κ1) is 12.0. The maximum absolute atomic E-state index is 4.07. The van der Waals surface area contributed by atoms with Crippen LogP contribution >= 0.6 is 0 Å². The van der Waals surface area contributed by atoms with Gasteiger partial charge in [-0.1, -0.05) is 40.0 Å². The second-order valence-electron chi connectivity index (χ2n) is 7.18. The van der Waals surface area contributed by atoms with E-state index < -0.39 is 0 Å². The average Bonchev–Trinajstić information content (AvgIpc) is 2.35. The van der Waals surface area contributed by atoms with Crippen LogP contribution in [-0.2, 0) is 0 Å². The third-order valence-electron chi connectivity index (χ3n) is 6.46. The highest BCUT2D eigenvalue weighted by Gasteiger charge is 2.46. The highest BCUT2D eigenvalue weighted by molar-refractivity contribution is 5.01. The van der Waals surface area contributed by atoms with Crippen LogP contribution in [0.2, 0.25) is 0 Å². The predicted molar refractivity (Wildman–Crippen MR) is 72.9 cm³/mol. The number of piperidine rings is 1. The Balaban J connectivity index is 1.79. The third-order valence-corrected chi connectivity index (χ3v) is 6.46. The fourth-order valence-corrected chi connectivity index (χ4v) is 5.07. The summed E-state index contributed by atoms with van der Waals surface area (Å²) in [7, 11) is 0. The lowest BCUT2D eigenvalue weighted by atomic mass is 9.59. The molecule has 7 unspecified atom stereocenters. The van der Waals surface area contributed by atoms with E-state index in [4.69, 9.17) is 0 Å². The van der Waals surface area contributed by atoms with E-state index in [0.29, 0.717) is 0 Å². The summed E-state index contributed by atoms with van der Waals surface area (Å²) in [5, 5.41) is 4.07. The van der Waals surface area contributed by atoms with Crippen molar-refractivity contribution in [2.75, 3.05) is 0 Å². The summed E-state index contributed by atoms with van der Waals surface area (Å²) in [4.78, 5) is 0. The van der Waals surface area contributed by atoms with Gasteiger partial charge in [0.2, 0.25) is 0 Å². The van der Waals surface area contributed by atoms with Crippen molar-refractivity contribution in [1.82, 2.24) is 5.32 Å². The van der Waals surface area contributed by atoms with Gasteiger partial charge in [-0.25, -0.2) is 0 Å². The Labute approximate surface area is 107 Å². The van der Waals surface area contributed by atoms with Gasteiger partial charge in [0.15, 0.2) is 0 Å². The molecule has 2 saturated carbocycles. The summed E-state index contributed by atoms with van der Waals surface area (Å²) in [6.45, 7) is 7.51. The molecule has 3 fully saturated rings. The van der Waals surface area contributed by atoms with Gasteiger partial charge in [-0.2, -0.15) is 0 Å². The monoisotopic (exact) mass is 235 g/mol. The summed E-state index contributed by atoms with van der Waals surface area (Å²) >= 11 is 0. The minimum atomic E-state index is 0.827. The van der Waals surface area contributed by atoms with Crippen molar-refractivity contribution in [2.24, 2.45) is 29.6 Å². The summed E-state index contributed by atoms with van der Waals surface area (Å²) in [6.07, 6.45) is 8.82. The Morgan fingerprint density at radius 3 is 2.35 bits per heavy atom. The van der Waals surface area contributed by atoms with Gasteiger partial charge in [0.05, 0.1) is 0 Å². The minimum absolute atomic E-state index is 0.827. The molecule has 1 N–H and O–H groups in total. The van der Waals surface area contributed by atoms with Crippen LogP contribution in [0, 0.1) is 29.6 Å². The summed E-state index contributed by atoms with van der Waals surface area (Å²) in [5.74, 6) is 4.75. The standard InChI is InChI=1S/C16H29N/c1-10-8-9-14-12(3)13-6-4-5-7-15(13)17-16(14)11(10)2/h10-17H,4-9H2,1-3H3. The SMILES string of the molecule is CC1CCC2C(C)C3CCCCC3NC2C1C. The molecule has 3 rings (SSSR count). The first-order chi connectivity index (χ1) is 8.18. The van der Waals surface area contributed by atoms with Crippen molar-refractivity contribution in [3.05, 3.63) is 0 Å². The minimum Gasteiger partial charge on any atom is -0.310 e. The first-order valence-corrected chi connectivity index (χ1v) is 7.94. The number of rotatable bonds is 0. The molecular weight excluding hydrogens is 206 g/mol. The summed E-state index contributed by atoms with van der Waals surface area (Å²) < 4.78 is 0. The van der Waals surface area contributed by atoms with E-state index in [1.807, 2.05) is 0 Å². The lowest BCUT2D eigenvalue weighted by Gasteiger charge is -2.54. The van der Waals surface area contributed by atoms with Gasteiger partial charge < -0.3 is 5.32 Å². The van der Waals surface area contributed by atoms with Crippen LogP contribution in [0.4, 0.5) is 0 Å². The van der Waals surface area contributed by atoms with Gasteiger partial charge in [0, 0.05) is 12.1 Å². The fourth-order valence-electron chi connectivity index (χ4n) is 5.07. The molecule has 1 heteroatoms. The molecule has 0 aromatic carbocycles. The zero-order chi connectivity index (χ0) is 12.0. The first-order valence-electron chi connectivity index (χ1n) is 7.94. The topological polar surface area (TPSA) is 12.0 Å². The van der Waals surface area contributed by atoms with E-state index in [9.17, 15) is 0 Å². The molecule has 0 bridgehead atoms.